The van der Waals surface area contributed by atoms with Crippen LogP contribution in [0, 0.1) is 11.2 Å². The van der Waals surface area contributed by atoms with Crippen LogP contribution < -0.4 is 10.1 Å². The van der Waals surface area contributed by atoms with Gasteiger partial charge in [-0.1, -0.05) is 20.8 Å². The average Bonchev–Trinajstić information content (AvgIpc) is 2.15. The summed E-state index contributed by atoms with van der Waals surface area (Å²) in [6, 6.07) is 4.03. The van der Waals surface area contributed by atoms with Gasteiger partial charge in [-0.05, 0) is 17.5 Å². The monoisotopic (exact) mass is 225 g/mol. The molecule has 0 fully saturated rings. The van der Waals surface area contributed by atoms with Crippen LogP contribution in [0.25, 0.3) is 0 Å². The maximum Gasteiger partial charge on any atom is 0.211 e. The molecule has 0 aliphatic rings. The van der Waals surface area contributed by atoms with E-state index >= 15 is 0 Å². The van der Waals surface area contributed by atoms with E-state index in [1.165, 1.54) is 18.2 Å². The van der Waals surface area contributed by atoms with Gasteiger partial charge in [-0.15, -0.1) is 0 Å². The molecule has 1 aromatic carbocycles. The van der Waals surface area contributed by atoms with Gasteiger partial charge in [-0.25, -0.2) is 4.39 Å². The molecule has 0 spiro atoms. The van der Waals surface area contributed by atoms with Gasteiger partial charge in [0.15, 0.2) is 0 Å². The number of hydrogen-bond donors (Lipinski definition) is 1. The van der Waals surface area contributed by atoms with E-state index in [2.05, 4.69) is 5.32 Å². The van der Waals surface area contributed by atoms with Gasteiger partial charge in [-0.3, -0.25) is 4.79 Å². The zero-order valence-electron chi connectivity index (χ0n) is 9.71. The van der Waals surface area contributed by atoms with Gasteiger partial charge < -0.3 is 10.1 Å². The molecule has 0 aliphatic heterocycles. The molecule has 3 nitrogen and oxygen atoms in total. The fraction of sp³-hybridized carbons (Fsp3) is 0.417. The third-order valence-corrected chi connectivity index (χ3v) is 1.82. The molecule has 16 heavy (non-hydrogen) atoms. The number of halogens is 1. The lowest BCUT2D eigenvalue weighted by molar-refractivity contribution is -0.105. The van der Waals surface area contributed by atoms with Gasteiger partial charge in [0.1, 0.15) is 11.6 Å². The van der Waals surface area contributed by atoms with Crippen LogP contribution in [0.2, 0.25) is 0 Å². The Labute approximate surface area is 94.6 Å². The molecule has 0 bridgehead atoms. The van der Waals surface area contributed by atoms with Crippen molar-refractivity contribution in [1.82, 2.24) is 0 Å². The summed E-state index contributed by atoms with van der Waals surface area (Å²) in [6.07, 6.45) is 0.499. The summed E-state index contributed by atoms with van der Waals surface area (Å²) in [5.41, 5.74) is 0.353. The molecule has 0 saturated heterocycles. The Hall–Kier alpha value is -1.58. The molecule has 0 saturated carbocycles. The second-order valence-corrected chi connectivity index (χ2v) is 4.75. The number of hydrogen-bond acceptors (Lipinski definition) is 2. The zero-order valence-corrected chi connectivity index (χ0v) is 9.71. The van der Waals surface area contributed by atoms with Gasteiger partial charge >= 0.3 is 0 Å². The number of benzene rings is 1. The van der Waals surface area contributed by atoms with Crippen LogP contribution in [0.5, 0.6) is 5.75 Å². The van der Waals surface area contributed by atoms with Crippen LogP contribution in [0.15, 0.2) is 18.2 Å². The molecule has 1 amide bonds. The van der Waals surface area contributed by atoms with E-state index in [0.29, 0.717) is 24.5 Å². The van der Waals surface area contributed by atoms with E-state index in [4.69, 9.17) is 4.74 Å². The lowest BCUT2D eigenvalue weighted by Crippen LogP contribution is -2.17. The molecule has 88 valence electrons. The van der Waals surface area contributed by atoms with Crippen molar-refractivity contribution >= 4 is 12.1 Å². The molecular weight excluding hydrogens is 209 g/mol. The smallest absolute Gasteiger partial charge is 0.211 e. The summed E-state index contributed by atoms with van der Waals surface area (Å²) < 4.78 is 18.5. The Kier molecular flexibility index (Phi) is 3.88. The van der Waals surface area contributed by atoms with Crippen molar-refractivity contribution in [3.8, 4) is 5.75 Å². The normalized spacial score (nSPS) is 11.0. The predicted octanol–water partition coefficient (Wildman–Crippen LogP) is 2.82. The first-order chi connectivity index (χ1) is 7.42. The molecule has 0 unspecified atom stereocenters. The highest BCUT2D eigenvalue weighted by atomic mass is 19.1. The van der Waals surface area contributed by atoms with E-state index in [0.717, 1.165) is 0 Å². The third-order valence-electron chi connectivity index (χ3n) is 1.82. The summed E-state index contributed by atoms with van der Waals surface area (Å²) in [5, 5.41) is 2.41. The van der Waals surface area contributed by atoms with Crippen molar-refractivity contribution in [2.75, 3.05) is 11.9 Å². The van der Waals surface area contributed by atoms with Crippen molar-refractivity contribution < 1.29 is 13.9 Å². The highest BCUT2D eigenvalue weighted by molar-refractivity contribution is 5.75. The number of carbonyl (C=O) groups is 1. The molecule has 1 aromatic rings. The number of carbonyl (C=O) groups excluding carboxylic acids is 1. The molecule has 1 rings (SSSR count). The lowest BCUT2D eigenvalue weighted by atomic mass is 9.99. The van der Waals surface area contributed by atoms with Crippen molar-refractivity contribution in [3.05, 3.63) is 24.0 Å². The van der Waals surface area contributed by atoms with Gasteiger partial charge in [0, 0.05) is 6.07 Å². The van der Waals surface area contributed by atoms with Gasteiger partial charge in [0.2, 0.25) is 6.41 Å². The Bertz CT molecular complexity index is 372. The van der Waals surface area contributed by atoms with E-state index in [1.807, 2.05) is 20.8 Å². The van der Waals surface area contributed by atoms with Gasteiger partial charge in [0.25, 0.3) is 0 Å². The van der Waals surface area contributed by atoms with E-state index < -0.39 is 5.82 Å². The maximum atomic E-state index is 12.9. The fourth-order valence-corrected chi connectivity index (χ4v) is 1.10. The largest absolute Gasteiger partial charge is 0.491 e. The zero-order chi connectivity index (χ0) is 12.2. The van der Waals surface area contributed by atoms with Crippen molar-refractivity contribution in [2.24, 2.45) is 5.41 Å². The summed E-state index contributed by atoms with van der Waals surface area (Å²) in [6.45, 7) is 6.59. The molecule has 0 aromatic heterocycles. The highest BCUT2D eigenvalue weighted by Crippen LogP contribution is 2.26. The average molecular weight is 225 g/mol. The second-order valence-electron chi connectivity index (χ2n) is 4.75. The molecule has 0 aliphatic carbocycles. The summed E-state index contributed by atoms with van der Waals surface area (Å²) in [4.78, 5) is 10.3. The quantitative estimate of drug-likeness (QED) is 0.800. The Morgan fingerprint density at radius 3 is 2.69 bits per heavy atom. The molecule has 0 atom stereocenters. The first-order valence-corrected chi connectivity index (χ1v) is 5.05. The molecule has 4 heteroatoms. The molecule has 1 N–H and O–H groups in total. The van der Waals surface area contributed by atoms with Crippen LogP contribution >= 0.6 is 0 Å². The minimum Gasteiger partial charge on any atom is -0.491 e. The van der Waals surface area contributed by atoms with Crippen LogP contribution in [0.3, 0.4) is 0 Å². The minimum atomic E-state index is -0.410. The first kappa shape index (κ1) is 12.5. The number of rotatable bonds is 4. The second kappa shape index (κ2) is 4.96. The topological polar surface area (TPSA) is 38.3 Å². The van der Waals surface area contributed by atoms with E-state index in [1.54, 1.807) is 0 Å². The van der Waals surface area contributed by atoms with E-state index in [-0.39, 0.29) is 5.41 Å². The number of nitrogens with one attached hydrogen (secondary N) is 1. The third kappa shape index (κ3) is 3.88. The fourth-order valence-electron chi connectivity index (χ4n) is 1.10. The van der Waals surface area contributed by atoms with Crippen molar-refractivity contribution in [3.63, 3.8) is 0 Å². The van der Waals surface area contributed by atoms with E-state index in [9.17, 15) is 9.18 Å². The Balaban J connectivity index is 2.82. The number of amides is 1. The van der Waals surface area contributed by atoms with Gasteiger partial charge in [0.05, 0.1) is 12.3 Å². The first-order valence-electron chi connectivity index (χ1n) is 5.05. The highest BCUT2D eigenvalue weighted by Gasteiger charge is 2.13. The minimum absolute atomic E-state index is 0.00678. The number of anilines is 1. The molecule has 0 radical (unpaired) electrons. The van der Waals surface area contributed by atoms with Gasteiger partial charge in [-0.2, -0.15) is 0 Å². The summed E-state index contributed by atoms with van der Waals surface area (Å²) in [7, 11) is 0. The predicted molar refractivity (Wildman–Crippen MR) is 61.0 cm³/mol. The summed E-state index contributed by atoms with van der Waals surface area (Å²) in [5.74, 6) is 0.0656. The van der Waals surface area contributed by atoms with Crippen LogP contribution in [-0.2, 0) is 4.79 Å². The van der Waals surface area contributed by atoms with Crippen LogP contribution in [-0.4, -0.2) is 13.0 Å². The Morgan fingerprint density at radius 2 is 2.12 bits per heavy atom. The maximum absolute atomic E-state index is 12.9. The SMILES string of the molecule is CC(C)(C)COc1ccc(F)cc1NC=O. The lowest BCUT2D eigenvalue weighted by Gasteiger charge is -2.20. The van der Waals surface area contributed by atoms with Crippen molar-refractivity contribution in [1.29, 1.82) is 0 Å². The van der Waals surface area contributed by atoms with Crippen LogP contribution in [0.1, 0.15) is 20.8 Å². The number of ether oxygens (including phenoxy) is 1. The summed E-state index contributed by atoms with van der Waals surface area (Å²) >= 11 is 0. The Morgan fingerprint density at radius 1 is 1.44 bits per heavy atom. The molecule has 0 heterocycles. The molecular formula is C12H16FNO2. The van der Waals surface area contributed by atoms with Crippen LogP contribution in [0.4, 0.5) is 10.1 Å². The van der Waals surface area contributed by atoms with Crippen molar-refractivity contribution in [2.45, 2.75) is 20.8 Å². The standard InChI is InChI=1S/C12H16FNO2/c1-12(2,3)7-16-11-5-4-9(13)6-10(11)14-8-15/h4-6,8H,7H2,1-3H3,(H,14,15).